The first-order chi connectivity index (χ1) is 14.3. The Kier molecular flexibility index (Phi) is 7.15. The Bertz CT molecular complexity index is 939. The van der Waals surface area contributed by atoms with Crippen LogP contribution in [0.5, 0.6) is 0 Å². The number of sulfonamides is 1. The van der Waals surface area contributed by atoms with Crippen molar-refractivity contribution in [2.24, 2.45) is 0 Å². The molecule has 1 aliphatic rings. The molecular weight excluding hydrogens is 398 g/mol. The van der Waals surface area contributed by atoms with Crippen molar-refractivity contribution in [2.45, 2.75) is 38.3 Å². The monoisotopic (exact) mass is 429 g/mol. The number of piperidine rings is 1. The molecule has 0 bridgehead atoms. The van der Waals surface area contributed by atoms with E-state index in [-0.39, 0.29) is 11.9 Å². The summed E-state index contributed by atoms with van der Waals surface area (Å²) in [5, 5.41) is 2.99. The van der Waals surface area contributed by atoms with Crippen molar-refractivity contribution in [3.8, 4) is 0 Å². The summed E-state index contributed by atoms with van der Waals surface area (Å²) >= 11 is 0. The quantitative estimate of drug-likeness (QED) is 0.732. The van der Waals surface area contributed by atoms with Crippen LogP contribution in [0, 0.1) is 0 Å². The zero-order chi connectivity index (χ0) is 21.7. The van der Waals surface area contributed by atoms with E-state index in [0.717, 1.165) is 29.2 Å². The number of hydrogen-bond donors (Lipinski definition) is 1. The summed E-state index contributed by atoms with van der Waals surface area (Å²) in [7, 11) is -2.11. The summed E-state index contributed by atoms with van der Waals surface area (Å²) in [6, 6.07) is 16.1. The molecule has 1 heterocycles. The number of amides is 1. The third-order valence-corrected chi connectivity index (χ3v) is 6.98. The summed E-state index contributed by atoms with van der Waals surface area (Å²) in [6.45, 7) is 4.08. The van der Waals surface area contributed by atoms with Gasteiger partial charge in [-0.05, 0) is 49.4 Å². The van der Waals surface area contributed by atoms with E-state index in [0.29, 0.717) is 5.56 Å². The van der Waals surface area contributed by atoms with Gasteiger partial charge in [-0.2, -0.15) is 4.31 Å². The topological polar surface area (TPSA) is 69.7 Å². The van der Waals surface area contributed by atoms with Gasteiger partial charge in [0.05, 0.1) is 12.3 Å². The van der Waals surface area contributed by atoms with Gasteiger partial charge in [0, 0.05) is 25.8 Å². The van der Waals surface area contributed by atoms with E-state index < -0.39 is 16.1 Å². The van der Waals surface area contributed by atoms with Crippen molar-refractivity contribution in [3.63, 3.8) is 0 Å². The second-order valence-corrected chi connectivity index (χ2v) is 10.0. The minimum Gasteiger partial charge on any atom is -0.372 e. The molecule has 1 aliphatic heterocycles. The molecule has 30 heavy (non-hydrogen) atoms. The van der Waals surface area contributed by atoms with E-state index in [2.05, 4.69) is 22.3 Å². The molecule has 0 radical (unpaired) electrons. The molecule has 2 atom stereocenters. The Hall–Kier alpha value is -2.38. The van der Waals surface area contributed by atoms with E-state index in [1.165, 1.54) is 32.0 Å². The fraction of sp³-hybridized carbons (Fsp3) is 0.435. The van der Waals surface area contributed by atoms with Crippen LogP contribution in [0.25, 0.3) is 0 Å². The molecule has 1 saturated heterocycles. The molecule has 0 unspecified atom stereocenters. The average molecular weight is 430 g/mol. The van der Waals surface area contributed by atoms with Crippen LogP contribution in [0.4, 0.5) is 5.69 Å². The highest BCUT2D eigenvalue weighted by molar-refractivity contribution is 7.88. The van der Waals surface area contributed by atoms with Gasteiger partial charge in [-0.15, -0.1) is 0 Å². The van der Waals surface area contributed by atoms with Gasteiger partial charge in [0.1, 0.15) is 6.04 Å². The van der Waals surface area contributed by atoms with Crippen LogP contribution in [0.15, 0.2) is 54.6 Å². The smallest absolute Gasteiger partial charge is 0.243 e. The van der Waals surface area contributed by atoms with Crippen LogP contribution in [-0.4, -0.2) is 45.0 Å². The maximum Gasteiger partial charge on any atom is 0.243 e. The van der Waals surface area contributed by atoms with Gasteiger partial charge in [-0.25, -0.2) is 8.42 Å². The van der Waals surface area contributed by atoms with Gasteiger partial charge in [-0.3, -0.25) is 4.79 Å². The van der Waals surface area contributed by atoms with Crippen LogP contribution in [0.3, 0.4) is 0 Å². The molecule has 0 aromatic heterocycles. The van der Waals surface area contributed by atoms with Crippen LogP contribution in [0.1, 0.15) is 49.4 Å². The predicted octanol–water partition coefficient (Wildman–Crippen LogP) is 3.49. The van der Waals surface area contributed by atoms with E-state index in [1.807, 2.05) is 25.1 Å². The highest BCUT2D eigenvalue weighted by atomic mass is 32.2. The lowest BCUT2D eigenvalue weighted by molar-refractivity contribution is -0.125. The second kappa shape index (κ2) is 9.62. The van der Waals surface area contributed by atoms with E-state index in [4.69, 9.17) is 0 Å². The zero-order valence-electron chi connectivity index (χ0n) is 17.9. The lowest BCUT2D eigenvalue weighted by Crippen LogP contribution is -2.42. The summed E-state index contributed by atoms with van der Waals surface area (Å²) in [6.07, 6.45) is 4.85. The lowest BCUT2D eigenvalue weighted by atomic mass is 10.0. The second-order valence-electron chi connectivity index (χ2n) is 7.96. The zero-order valence-corrected chi connectivity index (χ0v) is 18.7. The molecule has 1 fully saturated rings. The third kappa shape index (κ3) is 5.40. The van der Waals surface area contributed by atoms with Gasteiger partial charge in [0.2, 0.25) is 15.9 Å². The Morgan fingerprint density at radius 1 is 0.967 bits per heavy atom. The van der Waals surface area contributed by atoms with E-state index in [9.17, 15) is 13.2 Å². The number of likely N-dealkylation sites (N-methyl/N-ethyl adjacent to an activating group) is 1. The first-order valence-corrected chi connectivity index (χ1v) is 12.3. The molecule has 0 saturated carbocycles. The number of nitrogens with one attached hydrogen (secondary N) is 1. The SMILES string of the molecule is C[C@H](NC(=O)[C@@H](c1ccccc1)N(C)S(C)(=O)=O)c1ccc(N2CCCCC2)cc1. The molecule has 0 aliphatic carbocycles. The number of hydrogen-bond acceptors (Lipinski definition) is 4. The highest BCUT2D eigenvalue weighted by Crippen LogP contribution is 2.25. The molecule has 0 spiro atoms. The summed E-state index contributed by atoms with van der Waals surface area (Å²) in [5.74, 6) is -0.346. The summed E-state index contributed by atoms with van der Waals surface area (Å²) in [5.41, 5.74) is 2.82. The molecular formula is C23H31N3O3S. The Labute approximate surface area is 179 Å². The molecule has 6 nitrogen and oxygen atoms in total. The number of carbonyl (C=O) groups is 1. The Balaban J connectivity index is 1.74. The number of anilines is 1. The van der Waals surface area contributed by atoms with E-state index >= 15 is 0 Å². The van der Waals surface area contributed by atoms with Gasteiger partial charge in [-0.1, -0.05) is 42.5 Å². The van der Waals surface area contributed by atoms with Gasteiger partial charge in [0.25, 0.3) is 0 Å². The molecule has 1 amide bonds. The summed E-state index contributed by atoms with van der Waals surface area (Å²) in [4.78, 5) is 15.5. The standard InChI is InChI=1S/C23H31N3O3S/c1-18(19-12-14-21(15-13-19)26-16-8-5-9-17-26)24-23(27)22(25(2)30(3,28)29)20-10-6-4-7-11-20/h4,6-7,10-15,18,22H,5,8-9,16-17H2,1-3H3,(H,24,27)/t18-,22+/m0/s1. The minimum absolute atomic E-state index is 0.243. The van der Waals surface area contributed by atoms with Crippen LogP contribution < -0.4 is 10.2 Å². The lowest BCUT2D eigenvalue weighted by Gasteiger charge is -2.29. The Morgan fingerprint density at radius 2 is 1.57 bits per heavy atom. The predicted molar refractivity (Wildman–Crippen MR) is 121 cm³/mol. The molecule has 2 aromatic carbocycles. The number of nitrogens with zero attached hydrogens (tertiary/aromatic N) is 2. The molecule has 162 valence electrons. The molecule has 2 aromatic rings. The van der Waals surface area contributed by atoms with Crippen molar-refractivity contribution < 1.29 is 13.2 Å². The van der Waals surface area contributed by atoms with Crippen molar-refractivity contribution in [1.29, 1.82) is 0 Å². The fourth-order valence-electron chi connectivity index (χ4n) is 3.85. The first-order valence-electron chi connectivity index (χ1n) is 10.4. The van der Waals surface area contributed by atoms with Crippen LogP contribution in [-0.2, 0) is 14.8 Å². The van der Waals surface area contributed by atoms with Crippen LogP contribution >= 0.6 is 0 Å². The van der Waals surface area contributed by atoms with E-state index in [1.54, 1.807) is 24.3 Å². The molecule has 1 N–H and O–H groups in total. The average Bonchev–Trinajstić information content (AvgIpc) is 2.74. The van der Waals surface area contributed by atoms with Crippen molar-refractivity contribution in [1.82, 2.24) is 9.62 Å². The number of rotatable bonds is 7. The number of carbonyl (C=O) groups excluding carboxylic acids is 1. The van der Waals surface area contributed by atoms with Crippen molar-refractivity contribution in [3.05, 3.63) is 65.7 Å². The largest absolute Gasteiger partial charge is 0.372 e. The fourth-order valence-corrected chi connectivity index (χ4v) is 4.46. The molecule has 3 rings (SSSR count). The van der Waals surface area contributed by atoms with Gasteiger partial charge in [0.15, 0.2) is 0 Å². The first kappa shape index (κ1) is 22.3. The van der Waals surface area contributed by atoms with Crippen molar-refractivity contribution >= 4 is 21.6 Å². The Morgan fingerprint density at radius 3 is 2.13 bits per heavy atom. The summed E-state index contributed by atoms with van der Waals surface area (Å²) < 4.78 is 25.4. The van der Waals surface area contributed by atoms with Crippen LogP contribution in [0.2, 0.25) is 0 Å². The van der Waals surface area contributed by atoms with Gasteiger partial charge < -0.3 is 10.2 Å². The maximum absolute atomic E-state index is 13.1. The maximum atomic E-state index is 13.1. The highest BCUT2D eigenvalue weighted by Gasteiger charge is 2.31. The third-order valence-electron chi connectivity index (χ3n) is 5.72. The number of benzene rings is 2. The minimum atomic E-state index is -3.55. The molecule has 7 heteroatoms. The van der Waals surface area contributed by atoms with Gasteiger partial charge >= 0.3 is 0 Å². The van der Waals surface area contributed by atoms with Crippen molar-refractivity contribution in [2.75, 3.05) is 31.3 Å². The normalized spacial score (nSPS) is 16.9.